The van der Waals surface area contributed by atoms with Gasteiger partial charge in [-0.25, -0.2) is 4.79 Å². The normalized spacial score (nSPS) is 24.2. The van der Waals surface area contributed by atoms with Crippen molar-refractivity contribution >= 4 is 5.97 Å². The van der Waals surface area contributed by atoms with Crippen LogP contribution in [0.15, 0.2) is 0 Å². The predicted molar refractivity (Wildman–Crippen MR) is 75.2 cm³/mol. The van der Waals surface area contributed by atoms with Crippen LogP contribution in [0.3, 0.4) is 0 Å². The van der Waals surface area contributed by atoms with E-state index in [0.29, 0.717) is 5.41 Å². The maximum atomic E-state index is 11.9. The molecule has 0 spiro atoms. The highest BCUT2D eigenvalue weighted by Crippen LogP contribution is 2.45. The first-order valence-electron chi connectivity index (χ1n) is 7.52. The first-order valence-corrected chi connectivity index (χ1v) is 7.52. The second-order valence-electron chi connectivity index (χ2n) is 7.41. The quantitative estimate of drug-likeness (QED) is 0.850. The number of nitrogens with two attached hydrogens (primary N) is 1. The van der Waals surface area contributed by atoms with Crippen LogP contribution < -0.4 is 5.73 Å². The summed E-state index contributed by atoms with van der Waals surface area (Å²) in [7, 11) is 0. The number of carbonyl (C=O) groups is 1. The first kappa shape index (κ1) is 14.8. The Morgan fingerprint density at radius 3 is 2.32 bits per heavy atom. The summed E-state index contributed by atoms with van der Waals surface area (Å²) in [4.78, 5) is 17.3. The Morgan fingerprint density at radius 2 is 1.89 bits per heavy atom. The lowest BCUT2D eigenvalue weighted by Crippen LogP contribution is -2.45. The topological polar surface area (TPSA) is 55.6 Å². The van der Waals surface area contributed by atoms with E-state index in [2.05, 4.69) is 0 Å². The van der Waals surface area contributed by atoms with E-state index in [0.717, 1.165) is 38.4 Å². The van der Waals surface area contributed by atoms with E-state index < -0.39 is 5.41 Å². The molecule has 110 valence electrons. The number of rotatable bonds is 4. The molecule has 2 fully saturated rings. The highest BCUT2D eigenvalue weighted by molar-refractivity contribution is 5.75. The number of hydroxylamine groups is 2. The number of piperidine rings is 1. The van der Waals surface area contributed by atoms with Crippen molar-refractivity contribution in [2.45, 2.75) is 52.9 Å². The third-order valence-corrected chi connectivity index (χ3v) is 4.46. The highest BCUT2D eigenvalue weighted by atomic mass is 16.7. The van der Waals surface area contributed by atoms with Crippen LogP contribution in [0.2, 0.25) is 0 Å². The van der Waals surface area contributed by atoms with E-state index in [1.165, 1.54) is 19.3 Å². The van der Waals surface area contributed by atoms with Gasteiger partial charge in [-0.1, -0.05) is 12.8 Å². The number of nitrogens with zero attached hydrogens (tertiary/aromatic N) is 1. The van der Waals surface area contributed by atoms with Crippen molar-refractivity contribution in [2.24, 2.45) is 22.5 Å². The van der Waals surface area contributed by atoms with E-state index in [1.807, 2.05) is 25.8 Å². The fourth-order valence-electron chi connectivity index (χ4n) is 2.73. The molecule has 0 aromatic heterocycles. The number of hydrogen-bond donors (Lipinski definition) is 1. The van der Waals surface area contributed by atoms with Crippen molar-refractivity contribution in [3.8, 4) is 0 Å². The van der Waals surface area contributed by atoms with Gasteiger partial charge in [-0.2, -0.15) is 0 Å². The number of carbonyl (C=O) groups excluding carboxylic acids is 1. The summed E-state index contributed by atoms with van der Waals surface area (Å²) in [6, 6.07) is 0. The fraction of sp³-hybridized carbons (Fsp3) is 0.933. The van der Waals surface area contributed by atoms with Gasteiger partial charge in [0, 0.05) is 13.1 Å². The molecular formula is C15H28N2O2. The standard InChI is InChI=1S/C15H28N2O2/c1-14(2,3)13(18)19-17-8-6-15(11-16,7-9-17)10-12-4-5-12/h12H,4-11,16H2,1-3H3. The molecule has 1 saturated heterocycles. The van der Waals surface area contributed by atoms with Gasteiger partial charge in [-0.15, -0.1) is 5.06 Å². The van der Waals surface area contributed by atoms with Gasteiger partial charge in [0.25, 0.3) is 0 Å². The summed E-state index contributed by atoms with van der Waals surface area (Å²) in [5.74, 6) is 0.766. The molecule has 4 nitrogen and oxygen atoms in total. The molecule has 1 aliphatic carbocycles. The zero-order valence-corrected chi connectivity index (χ0v) is 12.6. The van der Waals surface area contributed by atoms with E-state index in [1.54, 1.807) is 0 Å². The van der Waals surface area contributed by atoms with Gasteiger partial charge in [0.15, 0.2) is 0 Å². The smallest absolute Gasteiger partial charge is 0.330 e. The van der Waals surface area contributed by atoms with Crippen LogP contribution in [-0.4, -0.2) is 30.7 Å². The minimum atomic E-state index is -0.434. The summed E-state index contributed by atoms with van der Waals surface area (Å²) in [6.45, 7) is 8.08. The van der Waals surface area contributed by atoms with Crippen LogP contribution in [0.25, 0.3) is 0 Å². The van der Waals surface area contributed by atoms with Crippen LogP contribution in [-0.2, 0) is 9.63 Å². The summed E-state index contributed by atoms with van der Waals surface area (Å²) < 4.78 is 0. The van der Waals surface area contributed by atoms with Crippen molar-refractivity contribution in [3.63, 3.8) is 0 Å². The maximum absolute atomic E-state index is 11.9. The van der Waals surface area contributed by atoms with Crippen LogP contribution in [0.1, 0.15) is 52.9 Å². The summed E-state index contributed by atoms with van der Waals surface area (Å²) >= 11 is 0. The van der Waals surface area contributed by atoms with E-state index >= 15 is 0 Å². The minimum absolute atomic E-state index is 0.144. The third kappa shape index (κ3) is 3.93. The van der Waals surface area contributed by atoms with Crippen molar-refractivity contribution in [1.29, 1.82) is 0 Å². The van der Waals surface area contributed by atoms with E-state index in [9.17, 15) is 4.79 Å². The Morgan fingerprint density at radius 1 is 1.32 bits per heavy atom. The first-order chi connectivity index (χ1) is 8.85. The van der Waals surface area contributed by atoms with Crippen LogP contribution in [0.5, 0.6) is 0 Å². The van der Waals surface area contributed by atoms with Crippen LogP contribution in [0, 0.1) is 16.7 Å². The van der Waals surface area contributed by atoms with E-state index in [-0.39, 0.29) is 5.97 Å². The molecule has 0 atom stereocenters. The molecule has 0 aromatic rings. The molecule has 1 heterocycles. The summed E-state index contributed by atoms with van der Waals surface area (Å²) in [6.07, 6.45) is 6.13. The average molecular weight is 268 g/mol. The van der Waals surface area contributed by atoms with Gasteiger partial charge in [0.1, 0.15) is 0 Å². The maximum Gasteiger partial charge on any atom is 0.330 e. The Bertz CT molecular complexity index is 324. The van der Waals surface area contributed by atoms with E-state index in [4.69, 9.17) is 10.6 Å². The van der Waals surface area contributed by atoms with Crippen LogP contribution >= 0.6 is 0 Å². The molecule has 0 unspecified atom stereocenters. The molecule has 2 N–H and O–H groups in total. The molecule has 0 aromatic carbocycles. The van der Waals surface area contributed by atoms with Gasteiger partial charge in [0.2, 0.25) is 0 Å². The SMILES string of the molecule is CC(C)(C)C(=O)ON1CCC(CN)(CC2CC2)CC1. The molecule has 1 aliphatic heterocycles. The summed E-state index contributed by atoms with van der Waals surface area (Å²) in [5.41, 5.74) is 5.87. The second-order valence-corrected chi connectivity index (χ2v) is 7.41. The fourth-order valence-corrected chi connectivity index (χ4v) is 2.73. The molecule has 0 radical (unpaired) electrons. The average Bonchev–Trinajstić information content (AvgIpc) is 3.14. The van der Waals surface area contributed by atoms with Gasteiger partial charge in [0.05, 0.1) is 5.41 Å². The van der Waals surface area contributed by atoms with Gasteiger partial charge in [-0.3, -0.25) is 0 Å². The van der Waals surface area contributed by atoms with Gasteiger partial charge in [-0.05, 0) is 57.9 Å². The lowest BCUT2D eigenvalue weighted by molar-refractivity contribution is -0.209. The Balaban J connectivity index is 1.82. The highest BCUT2D eigenvalue weighted by Gasteiger charge is 2.39. The monoisotopic (exact) mass is 268 g/mol. The van der Waals surface area contributed by atoms with Crippen LogP contribution in [0.4, 0.5) is 0 Å². The molecule has 0 bridgehead atoms. The molecule has 1 saturated carbocycles. The lowest BCUT2D eigenvalue weighted by Gasteiger charge is -2.40. The minimum Gasteiger partial charge on any atom is -0.367 e. The second kappa shape index (κ2) is 5.41. The Hall–Kier alpha value is -0.610. The zero-order chi connectivity index (χ0) is 14.1. The predicted octanol–water partition coefficient (Wildman–Crippen LogP) is 2.33. The third-order valence-electron chi connectivity index (χ3n) is 4.46. The zero-order valence-electron chi connectivity index (χ0n) is 12.6. The van der Waals surface area contributed by atoms with Crippen molar-refractivity contribution in [1.82, 2.24) is 5.06 Å². The van der Waals surface area contributed by atoms with Gasteiger partial charge >= 0.3 is 5.97 Å². The van der Waals surface area contributed by atoms with Crippen molar-refractivity contribution in [3.05, 3.63) is 0 Å². The molecule has 2 rings (SSSR count). The van der Waals surface area contributed by atoms with Gasteiger partial charge < -0.3 is 10.6 Å². The van der Waals surface area contributed by atoms with Crippen molar-refractivity contribution in [2.75, 3.05) is 19.6 Å². The molecule has 19 heavy (non-hydrogen) atoms. The lowest BCUT2D eigenvalue weighted by atomic mass is 9.75. The molecular weight excluding hydrogens is 240 g/mol. The Kier molecular flexibility index (Phi) is 4.21. The molecule has 4 heteroatoms. The molecule has 0 amide bonds. The molecule has 2 aliphatic rings. The Labute approximate surface area is 116 Å². The summed E-state index contributed by atoms with van der Waals surface area (Å²) in [5, 5.41) is 1.83. The number of hydrogen-bond acceptors (Lipinski definition) is 4. The largest absolute Gasteiger partial charge is 0.367 e. The van der Waals surface area contributed by atoms with Crippen molar-refractivity contribution < 1.29 is 9.63 Å².